The molecule has 0 unspecified atom stereocenters. The van der Waals surface area contributed by atoms with Gasteiger partial charge in [-0.25, -0.2) is 0 Å². The average Bonchev–Trinajstić information content (AvgIpc) is 2.45. The highest BCUT2D eigenvalue weighted by Gasteiger charge is 2.16. The van der Waals surface area contributed by atoms with Gasteiger partial charge in [-0.05, 0) is 50.3 Å². The van der Waals surface area contributed by atoms with Gasteiger partial charge in [0.05, 0.1) is 0 Å². The van der Waals surface area contributed by atoms with Crippen LogP contribution in [0.25, 0.3) is 0 Å². The Hall–Kier alpha value is -0.770. The Morgan fingerprint density at radius 1 is 1.11 bits per heavy atom. The minimum absolute atomic E-state index is 0.811. The van der Waals surface area contributed by atoms with Crippen LogP contribution in [0.15, 0.2) is 24.3 Å². The maximum atomic E-state index is 5.92. The molecule has 0 atom stereocenters. The molecule has 1 aliphatic rings. The van der Waals surface area contributed by atoms with Crippen molar-refractivity contribution in [3.05, 3.63) is 29.3 Å². The number of nitrogens with one attached hydrogen (secondary N) is 1. The van der Waals surface area contributed by atoms with E-state index in [4.69, 9.17) is 11.6 Å². The first-order valence-corrected chi connectivity index (χ1v) is 7.61. The second-order valence-corrected chi connectivity index (χ2v) is 5.45. The number of nitrogens with zero attached hydrogens (tertiary/aromatic N) is 2. The van der Waals surface area contributed by atoms with Crippen LogP contribution in [0.4, 0.5) is 5.69 Å². The molecule has 1 aromatic rings. The summed E-state index contributed by atoms with van der Waals surface area (Å²) >= 11 is 5.92. The lowest BCUT2D eigenvalue weighted by molar-refractivity contribution is 0.254. The summed E-state index contributed by atoms with van der Waals surface area (Å²) in [6.07, 6.45) is 1.24. The Morgan fingerprint density at radius 3 is 2.42 bits per heavy atom. The molecule has 0 amide bonds. The van der Waals surface area contributed by atoms with E-state index < -0.39 is 0 Å². The van der Waals surface area contributed by atoms with Crippen molar-refractivity contribution in [2.24, 2.45) is 0 Å². The van der Waals surface area contributed by atoms with Crippen molar-refractivity contribution in [2.75, 3.05) is 50.7 Å². The summed E-state index contributed by atoms with van der Waals surface area (Å²) in [6.45, 7) is 10.1. The van der Waals surface area contributed by atoms with Crippen LogP contribution in [-0.2, 0) is 0 Å². The van der Waals surface area contributed by atoms with Crippen LogP contribution >= 0.6 is 11.6 Å². The van der Waals surface area contributed by atoms with Gasteiger partial charge in [0.15, 0.2) is 0 Å². The number of hydrogen-bond donors (Lipinski definition) is 1. The number of anilines is 1. The molecule has 0 spiro atoms. The van der Waals surface area contributed by atoms with Gasteiger partial charge in [0.1, 0.15) is 0 Å². The molecule has 0 radical (unpaired) electrons. The third-order valence-corrected chi connectivity index (χ3v) is 3.89. The van der Waals surface area contributed by atoms with E-state index in [-0.39, 0.29) is 0 Å². The molecule has 1 aromatic carbocycles. The minimum Gasteiger partial charge on any atom is -0.369 e. The largest absolute Gasteiger partial charge is 0.369 e. The predicted molar refractivity (Wildman–Crippen MR) is 83.3 cm³/mol. The molecule has 1 aliphatic heterocycles. The van der Waals surface area contributed by atoms with Crippen molar-refractivity contribution >= 4 is 17.3 Å². The molecule has 0 bridgehead atoms. The second kappa shape index (κ2) is 7.73. The summed E-state index contributed by atoms with van der Waals surface area (Å²) in [5.74, 6) is 0. The second-order valence-electron chi connectivity index (χ2n) is 5.01. The lowest BCUT2D eigenvalue weighted by Crippen LogP contribution is -2.46. The maximum Gasteiger partial charge on any atom is 0.0407 e. The van der Waals surface area contributed by atoms with Gasteiger partial charge >= 0.3 is 0 Å². The molecule has 3 nitrogen and oxygen atoms in total. The van der Waals surface area contributed by atoms with E-state index in [1.165, 1.54) is 18.7 Å². The quantitative estimate of drug-likeness (QED) is 0.808. The van der Waals surface area contributed by atoms with Crippen LogP contribution in [0.2, 0.25) is 5.02 Å². The summed E-state index contributed by atoms with van der Waals surface area (Å²) in [5.41, 5.74) is 1.29. The molecule has 19 heavy (non-hydrogen) atoms. The zero-order chi connectivity index (χ0) is 13.5. The topological polar surface area (TPSA) is 18.5 Å². The lowest BCUT2D eigenvalue weighted by Gasteiger charge is -2.36. The van der Waals surface area contributed by atoms with Gasteiger partial charge in [-0.1, -0.05) is 18.5 Å². The fourth-order valence-electron chi connectivity index (χ4n) is 2.49. The van der Waals surface area contributed by atoms with E-state index in [0.29, 0.717) is 0 Å². The highest BCUT2D eigenvalue weighted by molar-refractivity contribution is 6.30. The Morgan fingerprint density at radius 2 is 1.79 bits per heavy atom. The predicted octanol–water partition coefficient (Wildman–Crippen LogP) is 2.46. The summed E-state index contributed by atoms with van der Waals surface area (Å²) in [4.78, 5) is 5.00. The highest BCUT2D eigenvalue weighted by Crippen LogP contribution is 2.19. The SMILES string of the molecule is CCNCCCN1CCN(c2ccc(Cl)cc2)CC1. The van der Waals surface area contributed by atoms with E-state index in [0.717, 1.165) is 44.3 Å². The Bertz CT molecular complexity index is 358. The Kier molecular flexibility index (Phi) is 5.95. The van der Waals surface area contributed by atoms with Crippen molar-refractivity contribution in [3.63, 3.8) is 0 Å². The van der Waals surface area contributed by atoms with Gasteiger partial charge in [-0.15, -0.1) is 0 Å². The van der Waals surface area contributed by atoms with Crippen molar-refractivity contribution in [1.82, 2.24) is 10.2 Å². The summed E-state index contributed by atoms with van der Waals surface area (Å²) in [5, 5.41) is 4.19. The first kappa shape index (κ1) is 14.6. The Labute approximate surface area is 121 Å². The zero-order valence-electron chi connectivity index (χ0n) is 11.7. The molecular formula is C15H24ClN3. The number of hydrogen-bond acceptors (Lipinski definition) is 3. The molecule has 1 N–H and O–H groups in total. The summed E-state index contributed by atoms with van der Waals surface area (Å²) in [6, 6.07) is 8.17. The van der Waals surface area contributed by atoms with E-state index in [2.05, 4.69) is 34.2 Å². The number of benzene rings is 1. The van der Waals surface area contributed by atoms with E-state index in [9.17, 15) is 0 Å². The van der Waals surface area contributed by atoms with E-state index in [1.54, 1.807) is 0 Å². The minimum atomic E-state index is 0.811. The van der Waals surface area contributed by atoms with E-state index >= 15 is 0 Å². The number of rotatable bonds is 6. The third-order valence-electron chi connectivity index (χ3n) is 3.64. The highest BCUT2D eigenvalue weighted by atomic mass is 35.5. The van der Waals surface area contributed by atoms with Crippen molar-refractivity contribution in [2.45, 2.75) is 13.3 Å². The lowest BCUT2D eigenvalue weighted by atomic mass is 10.2. The number of piperazine rings is 1. The molecule has 2 rings (SSSR count). The van der Waals surface area contributed by atoms with Crippen LogP contribution in [0.1, 0.15) is 13.3 Å². The van der Waals surface area contributed by atoms with Gasteiger partial charge in [-0.2, -0.15) is 0 Å². The fraction of sp³-hybridized carbons (Fsp3) is 0.600. The zero-order valence-corrected chi connectivity index (χ0v) is 12.5. The first-order chi connectivity index (χ1) is 9.29. The Balaban J connectivity index is 1.71. The van der Waals surface area contributed by atoms with Crippen molar-refractivity contribution in [3.8, 4) is 0 Å². The average molecular weight is 282 g/mol. The molecule has 1 fully saturated rings. The molecule has 1 saturated heterocycles. The molecule has 1 heterocycles. The fourth-order valence-corrected chi connectivity index (χ4v) is 2.61. The van der Waals surface area contributed by atoms with Gasteiger partial charge in [0.2, 0.25) is 0 Å². The smallest absolute Gasteiger partial charge is 0.0407 e. The molecular weight excluding hydrogens is 258 g/mol. The molecule has 0 saturated carbocycles. The van der Waals surface area contributed by atoms with Crippen LogP contribution in [-0.4, -0.2) is 50.7 Å². The molecule has 4 heteroatoms. The monoisotopic (exact) mass is 281 g/mol. The molecule has 0 aromatic heterocycles. The van der Waals surface area contributed by atoms with Gasteiger partial charge in [0.25, 0.3) is 0 Å². The normalized spacial score (nSPS) is 16.8. The van der Waals surface area contributed by atoms with Crippen molar-refractivity contribution in [1.29, 1.82) is 0 Å². The maximum absolute atomic E-state index is 5.92. The standard InChI is InChI=1S/C15H24ClN3/c1-2-17-8-3-9-18-10-12-19(13-11-18)15-6-4-14(16)5-7-15/h4-7,17H,2-3,8-13H2,1H3. The van der Waals surface area contributed by atoms with Gasteiger partial charge in [-0.3, -0.25) is 4.90 Å². The van der Waals surface area contributed by atoms with Gasteiger partial charge < -0.3 is 10.2 Å². The molecule has 106 valence electrons. The van der Waals surface area contributed by atoms with Crippen LogP contribution in [0.3, 0.4) is 0 Å². The third kappa shape index (κ3) is 4.68. The van der Waals surface area contributed by atoms with Crippen LogP contribution in [0.5, 0.6) is 0 Å². The van der Waals surface area contributed by atoms with Crippen LogP contribution < -0.4 is 10.2 Å². The van der Waals surface area contributed by atoms with E-state index in [1.807, 2.05) is 12.1 Å². The number of halogens is 1. The van der Waals surface area contributed by atoms with Gasteiger partial charge in [0, 0.05) is 36.9 Å². The summed E-state index contributed by atoms with van der Waals surface area (Å²) < 4.78 is 0. The van der Waals surface area contributed by atoms with Crippen molar-refractivity contribution < 1.29 is 0 Å². The first-order valence-electron chi connectivity index (χ1n) is 7.23. The van der Waals surface area contributed by atoms with Crippen LogP contribution in [0, 0.1) is 0 Å². The summed E-state index contributed by atoms with van der Waals surface area (Å²) in [7, 11) is 0. The molecule has 0 aliphatic carbocycles.